The first-order valence-corrected chi connectivity index (χ1v) is 11.7. The second-order valence-corrected chi connectivity index (χ2v) is 9.23. The molecule has 4 heterocycles. The predicted molar refractivity (Wildman–Crippen MR) is 121 cm³/mol. The zero-order valence-corrected chi connectivity index (χ0v) is 18.8. The van der Waals surface area contributed by atoms with Gasteiger partial charge in [-0.1, -0.05) is 6.07 Å². The first-order chi connectivity index (χ1) is 15.2. The zero-order valence-electron chi connectivity index (χ0n) is 18.8. The monoisotopic (exact) mass is 422 g/mol. The molecule has 1 aliphatic carbocycles. The summed E-state index contributed by atoms with van der Waals surface area (Å²) in [4.78, 5) is 14.1. The van der Waals surface area contributed by atoms with Gasteiger partial charge in [0.15, 0.2) is 5.96 Å². The first kappa shape index (κ1) is 20.4. The Balaban J connectivity index is 1.19. The third kappa shape index (κ3) is 4.31. The number of aromatic nitrogens is 4. The normalized spacial score (nSPS) is 21.8. The van der Waals surface area contributed by atoms with Crippen molar-refractivity contribution in [2.45, 2.75) is 51.1 Å². The molecule has 0 aromatic carbocycles. The summed E-state index contributed by atoms with van der Waals surface area (Å²) in [5.74, 6) is 3.92. The molecule has 2 aliphatic heterocycles. The van der Waals surface area contributed by atoms with E-state index in [0.29, 0.717) is 12.0 Å². The number of aliphatic imine (C=N–C) groups is 1. The molecule has 0 amide bonds. The van der Waals surface area contributed by atoms with Crippen molar-refractivity contribution in [3.8, 4) is 0 Å². The predicted octanol–water partition coefficient (Wildman–Crippen LogP) is 1.93. The maximum atomic E-state index is 4.70. The average Bonchev–Trinajstić information content (AvgIpc) is 3.46. The van der Waals surface area contributed by atoms with Crippen LogP contribution in [0.1, 0.15) is 54.6 Å². The second kappa shape index (κ2) is 8.94. The second-order valence-electron chi connectivity index (χ2n) is 9.23. The minimum absolute atomic E-state index is 0.363. The van der Waals surface area contributed by atoms with Crippen molar-refractivity contribution in [2.75, 3.05) is 33.2 Å². The topological polar surface area (TPSA) is 74.5 Å². The summed E-state index contributed by atoms with van der Waals surface area (Å²) >= 11 is 0. The Labute approximate surface area is 184 Å². The zero-order chi connectivity index (χ0) is 21.2. The minimum atomic E-state index is 0.363. The van der Waals surface area contributed by atoms with Crippen LogP contribution in [0.15, 0.2) is 23.3 Å². The number of fused-ring (bicyclic) bond motifs is 1. The van der Waals surface area contributed by atoms with Gasteiger partial charge in [-0.25, -0.2) is 0 Å². The summed E-state index contributed by atoms with van der Waals surface area (Å²) in [5, 5.41) is 12.5. The minimum Gasteiger partial charge on any atom is -0.354 e. The van der Waals surface area contributed by atoms with Crippen LogP contribution < -0.4 is 5.32 Å². The van der Waals surface area contributed by atoms with Crippen LogP contribution in [0.4, 0.5) is 0 Å². The Morgan fingerprint density at radius 2 is 2.00 bits per heavy atom. The van der Waals surface area contributed by atoms with Gasteiger partial charge in [-0.15, -0.1) is 10.2 Å². The van der Waals surface area contributed by atoms with E-state index >= 15 is 0 Å². The molecule has 0 spiro atoms. The van der Waals surface area contributed by atoms with Crippen LogP contribution in [0.2, 0.25) is 0 Å². The van der Waals surface area contributed by atoms with Crippen molar-refractivity contribution in [3.63, 3.8) is 0 Å². The van der Waals surface area contributed by atoms with E-state index in [-0.39, 0.29) is 0 Å². The number of pyridine rings is 1. The Morgan fingerprint density at radius 1 is 1.16 bits per heavy atom. The molecule has 1 N–H and O–H groups in total. The summed E-state index contributed by atoms with van der Waals surface area (Å²) in [6, 6.07) is 4.64. The molecule has 1 fully saturated rings. The molecule has 3 aliphatic rings. The quantitative estimate of drug-likeness (QED) is 0.794. The van der Waals surface area contributed by atoms with E-state index in [9.17, 15) is 0 Å². The Hall–Kier alpha value is -2.48. The van der Waals surface area contributed by atoms with Gasteiger partial charge >= 0.3 is 0 Å². The van der Waals surface area contributed by atoms with Crippen LogP contribution in [0.3, 0.4) is 0 Å². The van der Waals surface area contributed by atoms with Crippen molar-refractivity contribution in [1.82, 2.24) is 34.9 Å². The molecule has 1 unspecified atom stereocenters. The number of piperidine rings is 1. The van der Waals surface area contributed by atoms with E-state index in [1.165, 1.54) is 30.5 Å². The number of hydrogen-bond donors (Lipinski definition) is 1. The molecule has 5 rings (SSSR count). The van der Waals surface area contributed by atoms with Crippen LogP contribution in [0.5, 0.6) is 0 Å². The van der Waals surface area contributed by atoms with E-state index in [1.54, 1.807) is 0 Å². The number of hydrogen-bond acceptors (Lipinski definition) is 7. The van der Waals surface area contributed by atoms with Gasteiger partial charge in [-0.05, 0) is 56.7 Å². The van der Waals surface area contributed by atoms with Gasteiger partial charge in [0.05, 0.1) is 24.8 Å². The number of rotatable bonds is 5. The van der Waals surface area contributed by atoms with E-state index in [1.807, 2.05) is 6.20 Å². The lowest BCUT2D eigenvalue weighted by atomic mass is 9.91. The Morgan fingerprint density at radius 3 is 2.81 bits per heavy atom. The maximum absolute atomic E-state index is 4.70. The number of aryl methyl sites for hydroxylation is 1. The van der Waals surface area contributed by atoms with E-state index in [4.69, 9.17) is 4.98 Å². The molecular weight excluding hydrogens is 388 g/mol. The fourth-order valence-electron chi connectivity index (χ4n) is 5.27. The standard InChI is InChI=1S/C23H34N8/c1-29(19-7-3-5-18-6-4-10-24-22(18)19)16-21-28-27-20(30(21)2)15-17-8-13-31(14-9-17)23-25-11-12-26-23/h4,6,10,17,19H,3,5,7-9,11-16H2,1-2H3,(H,25,26). The van der Waals surface area contributed by atoms with Gasteiger partial charge < -0.3 is 14.8 Å². The van der Waals surface area contributed by atoms with E-state index in [0.717, 1.165) is 69.6 Å². The van der Waals surface area contributed by atoms with Crippen LogP contribution in [-0.2, 0) is 26.4 Å². The fraction of sp³-hybridized carbons (Fsp3) is 0.652. The van der Waals surface area contributed by atoms with Gasteiger partial charge in [0.2, 0.25) is 0 Å². The lowest BCUT2D eigenvalue weighted by molar-refractivity contribution is 0.201. The van der Waals surface area contributed by atoms with Gasteiger partial charge in [-0.3, -0.25) is 14.9 Å². The molecular formula is C23H34N8. The van der Waals surface area contributed by atoms with Gasteiger partial charge in [0.1, 0.15) is 11.6 Å². The summed E-state index contributed by atoms with van der Waals surface area (Å²) < 4.78 is 2.22. The number of nitrogens with zero attached hydrogens (tertiary/aromatic N) is 7. The first-order valence-electron chi connectivity index (χ1n) is 11.7. The van der Waals surface area contributed by atoms with Crippen molar-refractivity contribution < 1.29 is 0 Å². The van der Waals surface area contributed by atoms with Crippen LogP contribution in [0.25, 0.3) is 0 Å². The largest absolute Gasteiger partial charge is 0.354 e. The van der Waals surface area contributed by atoms with Gasteiger partial charge in [0.25, 0.3) is 0 Å². The third-order valence-corrected chi connectivity index (χ3v) is 7.19. The molecule has 2 aromatic rings. The smallest absolute Gasteiger partial charge is 0.194 e. The molecule has 8 nitrogen and oxygen atoms in total. The molecule has 8 heteroatoms. The maximum Gasteiger partial charge on any atom is 0.194 e. The molecule has 0 bridgehead atoms. The number of nitrogens with one attached hydrogen (secondary N) is 1. The van der Waals surface area contributed by atoms with Crippen molar-refractivity contribution in [3.05, 3.63) is 41.2 Å². The SMILES string of the molecule is CN(Cc1nnc(CC2CCN(C3=NCCN3)CC2)n1C)C1CCCc2cccnc21. The summed E-state index contributed by atoms with van der Waals surface area (Å²) in [6.45, 7) is 4.85. The lowest BCUT2D eigenvalue weighted by Gasteiger charge is -2.33. The van der Waals surface area contributed by atoms with E-state index in [2.05, 4.69) is 61.1 Å². The molecule has 31 heavy (non-hydrogen) atoms. The van der Waals surface area contributed by atoms with E-state index < -0.39 is 0 Å². The molecule has 1 atom stereocenters. The van der Waals surface area contributed by atoms with Crippen LogP contribution in [0, 0.1) is 5.92 Å². The third-order valence-electron chi connectivity index (χ3n) is 7.19. The number of guanidine groups is 1. The summed E-state index contributed by atoms with van der Waals surface area (Å²) in [5.41, 5.74) is 2.64. The van der Waals surface area contributed by atoms with Crippen molar-refractivity contribution >= 4 is 5.96 Å². The molecule has 0 saturated carbocycles. The lowest BCUT2D eigenvalue weighted by Crippen LogP contribution is -2.44. The fourth-order valence-corrected chi connectivity index (χ4v) is 5.27. The highest BCUT2D eigenvalue weighted by Crippen LogP contribution is 2.32. The highest BCUT2D eigenvalue weighted by molar-refractivity contribution is 5.81. The Kier molecular flexibility index (Phi) is 5.89. The number of likely N-dealkylation sites (tertiary alicyclic amines) is 1. The van der Waals surface area contributed by atoms with Gasteiger partial charge in [-0.2, -0.15) is 0 Å². The highest BCUT2D eigenvalue weighted by atomic mass is 15.3. The summed E-state index contributed by atoms with van der Waals surface area (Å²) in [6.07, 6.45) is 8.83. The van der Waals surface area contributed by atoms with Crippen LogP contribution in [-0.4, -0.2) is 68.7 Å². The molecule has 1 saturated heterocycles. The van der Waals surface area contributed by atoms with Crippen molar-refractivity contribution in [2.24, 2.45) is 18.0 Å². The molecule has 0 radical (unpaired) electrons. The van der Waals surface area contributed by atoms with Crippen LogP contribution >= 0.6 is 0 Å². The van der Waals surface area contributed by atoms with Gasteiger partial charge in [0, 0.05) is 39.3 Å². The van der Waals surface area contributed by atoms with Crippen molar-refractivity contribution in [1.29, 1.82) is 0 Å². The molecule has 166 valence electrons. The average molecular weight is 423 g/mol. The highest BCUT2D eigenvalue weighted by Gasteiger charge is 2.27. The summed E-state index contributed by atoms with van der Waals surface area (Å²) in [7, 11) is 4.32. The Bertz CT molecular complexity index is 927. The molecule has 2 aromatic heterocycles.